The average molecular weight is 957 g/mol. The summed E-state index contributed by atoms with van der Waals surface area (Å²) >= 11 is 0. The zero-order valence-corrected chi connectivity index (χ0v) is 35.8. The van der Waals surface area contributed by atoms with Gasteiger partial charge >= 0.3 is 0 Å². The molecule has 0 aliphatic carbocycles. The maximum atomic E-state index is 6.73. The minimum Gasteiger partial charge on any atom is -0.509 e. The number of pyridine rings is 1. The predicted molar refractivity (Wildman–Crippen MR) is 243 cm³/mol. The summed E-state index contributed by atoms with van der Waals surface area (Å²) in [5, 5.41) is 2.22. The first-order valence-electron chi connectivity index (χ1n) is 19.9. The van der Waals surface area contributed by atoms with E-state index in [1.165, 1.54) is 16.7 Å². The quantitative estimate of drug-likeness (QED) is 0.142. The standard InChI is InChI=1S/C54H41N4O.Pt/c1-54(2,3)43-27-28-55-53(34-43)58-51-22-14-13-21-47(51)48-25-24-45(36-52(48)58)59-46-32-42(39-17-9-5-10-18-39)31-44(35-46)56-29-30-57(37-56)50-26-23-41(38-15-7-4-8-16-38)33-49(50)40-19-11-6-12-20-40;/h4-34,37H,1-3H3;/q-3;. The van der Waals surface area contributed by atoms with Crippen molar-refractivity contribution in [1.82, 2.24) is 9.55 Å². The van der Waals surface area contributed by atoms with Crippen LogP contribution in [0.1, 0.15) is 26.3 Å². The van der Waals surface area contributed by atoms with Gasteiger partial charge in [0.1, 0.15) is 5.82 Å². The molecule has 3 heterocycles. The maximum absolute atomic E-state index is 6.73. The summed E-state index contributed by atoms with van der Waals surface area (Å²) in [6.07, 6.45) is 6.06. The molecule has 296 valence electrons. The molecular formula is C54H41N4OPt-3. The third-order valence-corrected chi connectivity index (χ3v) is 10.9. The Kier molecular flexibility index (Phi) is 10.5. The van der Waals surface area contributed by atoms with Crippen molar-refractivity contribution < 1.29 is 25.8 Å². The fraction of sp³-hybridized carbons (Fsp3) is 0.0741. The van der Waals surface area contributed by atoms with Crippen LogP contribution >= 0.6 is 0 Å². The zero-order valence-electron chi connectivity index (χ0n) is 33.5. The second-order valence-electron chi connectivity index (χ2n) is 15.9. The van der Waals surface area contributed by atoms with Crippen LogP contribution in [0.25, 0.3) is 61.0 Å². The molecule has 60 heavy (non-hydrogen) atoms. The molecule has 0 amide bonds. The van der Waals surface area contributed by atoms with E-state index < -0.39 is 0 Å². The molecule has 6 heteroatoms. The van der Waals surface area contributed by atoms with Crippen LogP contribution in [0.2, 0.25) is 0 Å². The molecule has 0 radical (unpaired) electrons. The molecule has 7 aromatic carbocycles. The fourth-order valence-electron chi connectivity index (χ4n) is 7.88. The van der Waals surface area contributed by atoms with Gasteiger partial charge in [-0.1, -0.05) is 142 Å². The van der Waals surface area contributed by atoms with E-state index in [1.807, 2.05) is 24.4 Å². The van der Waals surface area contributed by atoms with Crippen LogP contribution < -0.4 is 14.5 Å². The van der Waals surface area contributed by atoms with Gasteiger partial charge in [0.15, 0.2) is 0 Å². The number of ether oxygens (including phenoxy) is 1. The van der Waals surface area contributed by atoms with Gasteiger partial charge in [-0.15, -0.1) is 53.6 Å². The van der Waals surface area contributed by atoms with E-state index in [4.69, 9.17) is 9.72 Å². The molecule has 9 aromatic rings. The molecule has 1 aliphatic heterocycles. The summed E-state index contributed by atoms with van der Waals surface area (Å²) < 4.78 is 8.93. The van der Waals surface area contributed by atoms with Crippen molar-refractivity contribution in [2.75, 3.05) is 9.80 Å². The molecular weight excluding hydrogens is 916 g/mol. The van der Waals surface area contributed by atoms with Crippen LogP contribution in [-0.4, -0.2) is 9.55 Å². The van der Waals surface area contributed by atoms with Gasteiger partial charge in [-0.05, 0) is 81.4 Å². The van der Waals surface area contributed by atoms with Gasteiger partial charge in [-0.25, -0.2) is 4.98 Å². The van der Waals surface area contributed by atoms with Crippen molar-refractivity contribution in [3.63, 3.8) is 0 Å². The van der Waals surface area contributed by atoms with Gasteiger partial charge in [0.2, 0.25) is 0 Å². The first-order chi connectivity index (χ1) is 28.9. The SMILES string of the molecule is CC(C)(C)c1ccnc(-n2c3[c-]c(Oc4[c-]c(N5C=CN(c6ccc(-c7ccccc7)cc6-c6ccccc6)[CH-]5)cc(-c5ccccc5)c4)ccc3c3ccccc32)c1.[Pt]. The summed E-state index contributed by atoms with van der Waals surface area (Å²) in [7, 11) is 0. The molecule has 0 atom stereocenters. The summed E-state index contributed by atoms with van der Waals surface area (Å²) in [5.41, 5.74) is 11.8. The minimum atomic E-state index is -0.0259. The van der Waals surface area contributed by atoms with E-state index in [9.17, 15) is 0 Å². The fourth-order valence-corrected chi connectivity index (χ4v) is 7.88. The molecule has 0 saturated heterocycles. The number of hydrogen-bond donors (Lipinski definition) is 0. The van der Waals surface area contributed by atoms with Gasteiger partial charge in [0.25, 0.3) is 0 Å². The second kappa shape index (κ2) is 16.2. The number of nitrogens with zero attached hydrogens (tertiary/aromatic N) is 4. The number of hydrogen-bond acceptors (Lipinski definition) is 4. The number of rotatable bonds is 8. The Morgan fingerprint density at radius 1 is 0.550 bits per heavy atom. The molecule has 0 N–H and O–H groups in total. The van der Waals surface area contributed by atoms with Gasteiger partial charge in [0.05, 0.1) is 0 Å². The van der Waals surface area contributed by atoms with E-state index in [0.717, 1.165) is 61.3 Å². The monoisotopic (exact) mass is 956 g/mol. The van der Waals surface area contributed by atoms with E-state index in [-0.39, 0.29) is 26.5 Å². The molecule has 0 unspecified atom stereocenters. The summed E-state index contributed by atoms with van der Waals surface area (Å²) in [6, 6.07) is 66.4. The topological polar surface area (TPSA) is 33.5 Å². The number of anilines is 2. The van der Waals surface area contributed by atoms with E-state index >= 15 is 0 Å². The Morgan fingerprint density at radius 2 is 1.22 bits per heavy atom. The second-order valence-corrected chi connectivity index (χ2v) is 15.9. The molecule has 1 aliphatic rings. The van der Waals surface area contributed by atoms with Crippen LogP contribution in [0.15, 0.2) is 188 Å². The molecule has 0 fully saturated rings. The predicted octanol–water partition coefficient (Wildman–Crippen LogP) is 13.8. The number of para-hydroxylation sites is 1. The van der Waals surface area contributed by atoms with E-state index in [2.05, 4.69) is 218 Å². The number of fused-ring (bicyclic) bond motifs is 3. The van der Waals surface area contributed by atoms with Crippen molar-refractivity contribution in [2.45, 2.75) is 26.2 Å². The Hall–Kier alpha value is -6.68. The van der Waals surface area contributed by atoms with E-state index in [0.29, 0.717) is 11.5 Å². The first kappa shape index (κ1) is 38.8. The summed E-state index contributed by atoms with van der Waals surface area (Å²) in [6.45, 7) is 8.78. The Labute approximate surface area is 366 Å². The summed E-state index contributed by atoms with van der Waals surface area (Å²) in [4.78, 5) is 9.12. The molecule has 0 saturated carbocycles. The van der Waals surface area contributed by atoms with Gasteiger partial charge in [-0.2, -0.15) is 6.07 Å². The third-order valence-electron chi connectivity index (χ3n) is 10.9. The third kappa shape index (κ3) is 7.53. The maximum Gasteiger partial charge on any atom is 0.135 e. The largest absolute Gasteiger partial charge is 0.509 e. The van der Waals surface area contributed by atoms with Crippen LogP contribution in [-0.2, 0) is 26.5 Å². The summed E-state index contributed by atoms with van der Waals surface area (Å²) in [5.74, 6) is 2.03. The van der Waals surface area contributed by atoms with Crippen LogP contribution in [0.5, 0.6) is 11.5 Å². The normalized spacial score (nSPS) is 12.6. The molecule has 5 nitrogen and oxygen atoms in total. The van der Waals surface area contributed by atoms with Crippen molar-refractivity contribution in [3.8, 4) is 50.7 Å². The van der Waals surface area contributed by atoms with Gasteiger partial charge < -0.3 is 19.1 Å². The number of aromatic nitrogens is 2. The van der Waals surface area contributed by atoms with Crippen molar-refractivity contribution >= 4 is 33.2 Å². The van der Waals surface area contributed by atoms with Gasteiger partial charge in [-0.3, -0.25) is 0 Å². The molecule has 0 bridgehead atoms. The minimum absolute atomic E-state index is 0. The Balaban J connectivity index is 0.00000462. The van der Waals surface area contributed by atoms with Gasteiger partial charge in [0, 0.05) is 55.5 Å². The molecule has 0 spiro atoms. The number of benzene rings is 7. The Bertz CT molecular complexity index is 2990. The van der Waals surface area contributed by atoms with Crippen molar-refractivity contribution in [2.24, 2.45) is 0 Å². The average Bonchev–Trinajstić information content (AvgIpc) is 3.90. The van der Waals surface area contributed by atoms with Crippen LogP contribution in [0, 0.1) is 18.8 Å². The first-order valence-corrected chi connectivity index (χ1v) is 19.9. The smallest absolute Gasteiger partial charge is 0.135 e. The molecule has 10 rings (SSSR count). The Morgan fingerprint density at radius 3 is 1.95 bits per heavy atom. The van der Waals surface area contributed by atoms with Crippen LogP contribution in [0.4, 0.5) is 11.4 Å². The molecule has 2 aromatic heterocycles. The van der Waals surface area contributed by atoms with Crippen molar-refractivity contribution in [3.05, 3.63) is 213 Å². The van der Waals surface area contributed by atoms with Crippen LogP contribution in [0.3, 0.4) is 0 Å². The zero-order chi connectivity index (χ0) is 39.9. The van der Waals surface area contributed by atoms with E-state index in [1.54, 1.807) is 0 Å². The van der Waals surface area contributed by atoms with Crippen molar-refractivity contribution in [1.29, 1.82) is 0 Å².